The molecule has 1 aromatic heterocycles. The predicted octanol–water partition coefficient (Wildman–Crippen LogP) is -4.14. The fourth-order valence-corrected chi connectivity index (χ4v) is 16.6. The summed E-state index contributed by atoms with van der Waals surface area (Å²) in [5.41, 5.74) is 18.1. The van der Waals surface area contributed by atoms with Crippen LogP contribution in [0.5, 0.6) is 5.75 Å². The summed E-state index contributed by atoms with van der Waals surface area (Å²) >= 11 is 1.40. The highest BCUT2D eigenvalue weighted by molar-refractivity contribution is 8.76. The average Bonchev–Trinajstić information content (AvgIpc) is 1.72. The number of guanidine groups is 2. The molecule has 0 spiro atoms. The maximum Gasteiger partial charge on any atom is 0.245 e. The van der Waals surface area contributed by atoms with Crippen LogP contribution in [0.1, 0.15) is 144 Å². The first kappa shape index (κ1) is 108. The zero-order valence-electron chi connectivity index (χ0n) is 74.9. The van der Waals surface area contributed by atoms with Gasteiger partial charge in [0.2, 0.25) is 94.5 Å². The van der Waals surface area contributed by atoms with E-state index in [1.165, 1.54) is 68.0 Å². The van der Waals surface area contributed by atoms with Crippen LogP contribution < -0.4 is 108 Å². The van der Waals surface area contributed by atoms with Crippen molar-refractivity contribution in [3.05, 3.63) is 83.9 Å². The molecular weight excluding hydrogens is 1730 g/mol. The molecule has 2 fully saturated rings. The van der Waals surface area contributed by atoms with Gasteiger partial charge in [0, 0.05) is 68.3 Å². The van der Waals surface area contributed by atoms with Gasteiger partial charge in [-0.05, 0) is 125 Å². The number of primary amides is 1. The molecule has 714 valence electrons. The molecule has 2 aliphatic heterocycles. The largest absolute Gasteiger partial charge is 0.508 e. The molecule has 0 unspecified atom stereocenters. The van der Waals surface area contributed by atoms with Crippen LogP contribution in [0.25, 0.3) is 0 Å². The lowest BCUT2D eigenvalue weighted by molar-refractivity contribution is -0.142. The lowest BCUT2D eigenvalue weighted by atomic mass is 10.0. The van der Waals surface area contributed by atoms with Crippen molar-refractivity contribution in [3.8, 4) is 5.75 Å². The smallest absolute Gasteiger partial charge is 0.245 e. The Morgan fingerprint density at radius 3 is 1.81 bits per heavy atom. The molecule has 46 heteroatoms. The van der Waals surface area contributed by atoms with Gasteiger partial charge < -0.3 is 128 Å². The number of phenolic OH excluding ortho intramolecular Hbond substituents is 1. The normalized spacial score (nSPS) is 21.6. The number of nitrogens with zero attached hydrogens (tertiary/aromatic N) is 2. The Balaban J connectivity index is 1.68. The highest BCUT2D eigenvalue weighted by atomic mass is 33.1. The van der Waals surface area contributed by atoms with Crippen LogP contribution >= 0.6 is 33.3 Å². The van der Waals surface area contributed by atoms with E-state index in [1.54, 1.807) is 84.3 Å². The number of H-pyrrole nitrogens is 1. The number of aromatic amines is 1. The maximum absolute atomic E-state index is 15.4. The van der Waals surface area contributed by atoms with E-state index in [0.29, 0.717) is 22.6 Å². The minimum atomic E-state index is -1.71. The Morgan fingerprint density at radius 2 is 1.22 bits per heavy atom. The standard InChI is InChI=1S/C83H131N25O18S3/c1-42(2)33-56-72(117)95-46(9)68(113)100-58(35-50-24-26-52(110)27-25-50)74(119)98-53(21-16-29-90-82(85)86)70(115)92-38-63(111)97-55(22-17-30-91-83(87)88)81(126)108-31-18-23-62(108)78(123)106-65(44(5)6)80(125)104-61(77(122)102-57(34-49-19-14-13-15-20-49)73(118)96-47(10)69(114)107-66(48(11)109)67(84)112)40-129-128-39-60(76(121)101-56)103-79(124)64(43(3)4)105-71(116)54(28-32-127-12)99-75(120)59(94-45(7)8)36-51-37-89-41-93-51/h13-15,19-20,24-27,37,41-48,53-62,64-66,94,109-110H,16-18,21-23,28-36,38-40H2,1-12H3,(H2,84,112)(H,89,93)(H,92,115)(H,95,117)(H,96,118)(H,97,111)(H,98,119)(H,99,120)(H,100,113)(H,101,121)(H,102,122)(H,103,124)(H,104,125)(H,105,116)(H,106,123)(H,107,114)(H4,85,86,90)(H4,87,88,91)/t46-,47-,48+,53-,54-,55-,56-,57-,58-,59-,60-,61-,62-,64-,65-,66-/m0/s1. The summed E-state index contributed by atoms with van der Waals surface area (Å²) in [5, 5.41) is 81.6. The summed E-state index contributed by atoms with van der Waals surface area (Å²) in [4.78, 5) is 241. The van der Waals surface area contributed by atoms with Gasteiger partial charge in [-0.25, -0.2) is 4.98 Å². The van der Waals surface area contributed by atoms with Crippen LogP contribution in [0.15, 0.2) is 67.1 Å². The van der Waals surface area contributed by atoms with E-state index >= 15 is 19.2 Å². The van der Waals surface area contributed by atoms with Gasteiger partial charge in [0.25, 0.3) is 0 Å². The number of aliphatic hydroxyl groups is 1. The first-order chi connectivity index (χ1) is 61.0. The Bertz CT molecular complexity index is 4290. The SMILES string of the molecule is CSCC[C@H](NC(=O)[C@H](Cc1cnc[nH]1)NC(C)C)C(=O)N[C@H](C(=O)N[C@H]1CSSC[C@@H](C(=O)N[C@@H](Cc2ccccc2)C(=O)N[C@@H](C)C(=O)N[C@H](C(N)=O)[C@@H](C)O)NC(=O)[C@H](C(C)C)NC(=O)[C@@H]2CCCN2C(=O)[C@H](CCCNC(=N)N)NC(=O)CNC(=O)[C@H](CCCNC(=N)N)NC(=O)[C@H](Cc2ccc(O)cc2)NC(=O)[C@H](C)NC(=O)[C@H](CC(C)C)NC1=O)C(C)C. The Morgan fingerprint density at radius 1 is 0.612 bits per heavy atom. The predicted molar refractivity (Wildman–Crippen MR) is 487 cm³/mol. The summed E-state index contributed by atoms with van der Waals surface area (Å²) in [6, 6.07) is -8.12. The molecule has 0 saturated carbocycles. The number of imidazole rings is 1. The van der Waals surface area contributed by atoms with Gasteiger partial charge >= 0.3 is 0 Å². The molecular formula is C83H131N25O18S3. The molecule has 5 rings (SSSR count). The third kappa shape index (κ3) is 37.6. The van der Waals surface area contributed by atoms with Gasteiger partial charge in [-0.2, -0.15) is 11.8 Å². The molecule has 0 radical (unpaired) electrons. The van der Waals surface area contributed by atoms with E-state index in [9.17, 15) is 67.7 Å². The highest BCUT2D eigenvalue weighted by Gasteiger charge is 2.43. The third-order valence-corrected chi connectivity index (χ3v) is 23.8. The zero-order chi connectivity index (χ0) is 95.9. The summed E-state index contributed by atoms with van der Waals surface area (Å²) in [7, 11) is 1.71. The van der Waals surface area contributed by atoms with Crippen molar-refractivity contribution >= 4 is 140 Å². The van der Waals surface area contributed by atoms with E-state index in [-0.39, 0.29) is 108 Å². The Labute approximate surface area is 762 Å². The minimum absolute atomic E-state index is 0.0180. The fourth-order valence-electron chi connectivity index (χ4n) is 13.8. The molecule has 2 saturated heterocycles. The third-order valence-electron chi connectivity index (χ3n) is 20.7. The van der Waals surface area contributed by atoms with E-state index in [1.807, 2.05) is 13.8 Å². The maximum atomic E-state index is 15.4. The number of aromatic hydroxyl groups is 1. The number of phenols is 1. The number of rotatable bonds is 37. The fraction of sp³-hybridized carbons (Fsp3) is 0.602. The van der Waals surface area contributed by atoms with Gasteiger partial charge in [0.1, 0.15) is 90.3 Å². The summed E-state index contributed by atoms with van der Waals surface area (Å²) in [6.45, 7) is 16.5. The topological polar surface area (TPSA) is 676 Å². The van der Waals surface area contributed by atoms with Crippen molar-refractivity contribution < 1.29 is 86.9 Å². The van der Waals surface area contributed by atoms with E-state index in [0.717, 1.165) is 21.6 Å². The van der Waals surface area contributed by atoms with Crippen LogP contribution in [0.3, 0.4) is 0 Å². The number of hydrogen-bond acceptors (Lipinski definition) is 25. The van der Waals surface area contributed by atoms with Crippen LogP contribution in [0, 0.1) is 28.6 Å². The minimum Gasteiger partial charge on any atom is -0.508 e. The van der Waals surface area contributed by atoms with Gasteiger partial charge in [0.05, 0.1) is 25.0 Å². The molecule has 43 nitrogen and oxygen atoms in total. The average molecular weight is 1860 g/mol. The Hall–Kier alpha value is -11.5. The van der Waals surface area contributed by atoms with Crippen molar-refractivity contribution in [2.45, 2.75) is 250 Å². The summed E-state index contributed by atoms with van der Waals surface area (Å²) in [5.74, 6) is -18.0. The molecule has 16 atom stereocenters. The van der Waals surface area contributed by atoms with Crippen molar-refractivity contribution in [1.82, 2.24) is 105 Å². The molecule has 3 heterocycles. The molecule has 3 aromatic rings. The Kier molecular flexibility index (Phi) is 45.8. The number of nitrogens with two attached hydrogens (primary N) is 3. The van der Waals surface area contributed by atoms with Crippen LogP contribution in [-0.2, 0) is 96.0 Å². The molecule has 2 aromatic carbocycles. The van der Waals surface area contributed by atoms with E-state index in [2.05, 4.69) is 100 Å². The van der Waals surface area contributed by atoms with Gasteiger partial charge in [-0.3, -0.25) is 87.5 Å². The number of aliphatic hydroxyl groups excluding tert-OH is 1. The van der Waals surface area contributed by atoms with Crippen LogP contribution in [0.2, 0.25) is 0 Å². The number of amides is 16. The first-order valence-corrected chi connectivity index (χ1v) is 46.8. The molecule has 129 heavy (non-hydrogen) atoms. The number of nitrogens with one attached hydrogen (secondary N) is 20. The second-order valence-corrected chi connectivity index (χ2v) is 36.7. The summed E-state index contributed by atoms with van der Waals surface area (Å²) < 4.78 is 0. The number of thioether (sulfide) groups is 1. The van der Waals surface area contributed by atoms with Crippen molar-refractivity contribution in [3.63, 3.8) is 0 Å². The molecule has 0 aliphatic carbocycles. The number of benzene rings is 2. The van der Waals surface area contributed by atoms with E-state index in [4.69, 9.17) is 28.0 Å². The summed E-state index contributed by atoms with van der Waals surface area (Å²) in [6.07, 6.45) is 3.14. The lowest BCUT2D eigenvalue weighted by Gasteiger charge is -2.31. The second-order valence-electron chi connectivity index (χ2n) is 33.2. The molecule has 2 aliphatic rings. The number of carbonyl (C=O) groups is 16. The van der Waals surface area contributed by atoms with E-state index < -0.39 is 233 Å². The van der Waals surface area contributed by atoms with Crippen LogP contribution in [0.4, 0.5) is 0 Å². The molecule has 0 bridgehead atoms. The van der Waals surface area contributed by atoms with Crippen molar-refractivity contribution in [1.29, 1.82) is 10.8 Å². The van der Waals surface area contributed by atoms with Gasteiger partial charge in [0.15, 0.2) is 11.9 Å². The van der Waals surface area contributed by atoms with Crippen molar-refractivity contribution in [2.75, 3.05) is 49.7 Å². The molecule has 28 N–H and O–H groups in total. The van der Waals surface area contributed by atoms with Gasteiger partial charge in [-0.15, -0.1) is 0 Å². The monoisotopic (exact) mass is 1860 g/mol. The van der Waals surface area contributed by atoms with Crippen LogP contribution in [-0.4, -0.2) is 284 Å². The highest BCUT2D eigenvalue weighted by Crippen LogP contribution is 2.26. The quantitative estimate of drug-likeness (QED) is 0.0113. The zero-order valence-corrected chi connectivity index (χ0v) is 77.4. The molecule has 16 amide bonds. The number of fused-ring (bicyclic) bond motifs is 1. The number of aromatic nitrogens is 2. The lowest BCUT2D eigenvalue weighted by Crippen LogP contribution is -2.61. The van der Waals surface area contributed by atoms with Crippen molar-refractivity contribution in [2.24, 2.45) is 35.0 Å². The number of carbonyl (C=O) groups excluding carboxylic acids is 16. The number of hydrogen-bond donors (Lipinski definition) is 25. The first-order valence-electron chi connectivity index (χ1n) is 42.9. The second kappa shape index (κ2) is 54.7. The van der Waals surface area contributed by atoms with Gasteiger partial charge in [-0.1, -0.05) is 119 Å².